The Morgan fingerprint density at radius 1 is 1.41 bits per heavy atom. The number of nitrogens with zero attached hydrogens (tertiary/aromatic N) is 1. The number of rotatable bonds is 2. The minimum absolute atomic E-state index is 0.115. The Kier molecular flexibility index (Phi) is 3.09. The molecule has 0 radical (unpaired) electrons. The lowest BCUT2D eigenvalue weighted by Gasteiger charge is -2.24. The molecule has 1 aromatic carbocycles. The monoisotopic (exact) mass is 229 g/mol. The van der Waals surface area contributed by atoms with Crippen molar-refractivity contribution >= 4 is 11.8 Å². The van der Waals surface area contributed by atoms with Crippen LogP contribution in [0.2, 0.25) is 0 Å². The SMILES string of the molecule is C=CC(=O)N1C(=O)C[C@@H](C)[C@H]1c1ccccc1. The fourth-order valence-electron chi connectivity index (χ4n) is 2.38. The second-order valence-corrected chi connectivity index (χ2v) is 4.34. The topological polar surface area (TPSA) is 37.4 Å². The summed E-state index contributed by atoms with van der Waals surface area (Å²) in [5.74, 6) is -0.279. The third-order valence-corrected chi connectivity index (χ3v) is 3.14. The van der Waals surface area contributed by atoms with Gasteiger partial charge in [0.05, 0.1) is 6.04 Å². The van der Waals surface area contributed by atoms with E-state index in [1.807, 2.05) is 37.3 Å². The summed E-state index contributed by atoms with van der Waals surface area (Å²) in [6.45, 7) is 5.44. The number of hydrogen-bond acceptors (Lipinski definition) is 2. The van der Waals surface area contributed by atoms with Crippen molar-refractivity contribution in [2.75, 3.05) is 0 Å². The maximum atomic E-state index is 11.8. The van der Waals surface area contributed by atoms with Crippen molar-refractivity contribution in [2.45, 2.75) is 19.4 Å². The van der Waals surface area contributed by atoms with E-state index in [1.54, 1.807) is 0 Å². The molecule has 0 saturated carbocycles. The van der Waals surface area contributed by atoms with Gasteiger partial charge in [-0.3, -0.25) is 14.5 Å². The van der Waals surface area contributed by atoms with Crippen LogP contribution in [0.4, 0.5) is 0 Å². The Morgan fingerprint density at radius 3 is 2.65 bits per heavy atom. The van der Waals surface area contributed by atoms with Gasteiger partial charge in [0.1, 0.15) is 0 Å². The lowest BCUT2D eigenvalue weighted by molar-refractivity contribution is -0.140. The standard InChI is InChI=1S/C14H15NO2/c1-3-12(16)15-13(17)9-10(2)14(15)11-7-5-4-6-8-11/h3-8,10,14H,1,9H2,2H3/t10-,14+/m1/s1. The lowest BCUT2D eigenvalue weighted by atomic mass is 9.95. The molecule has 17 heavy (non-hydrogen) atoms. The van der Waals surface area contributed by atoms with Gasteiger partial charge >= 0.3 is 0 Å². The molecule has 2 atom stereocenters. The number of benzene rings is 1. The zero-order valence-electron chi connectivity index (χ0n) is 9.80. The molecule has 0 aliphatic carbocycles. The summed E-state index contributed by atoms with van der Waals surface area (Å²) in [5, 5.41) is 0. The molecule has 1 aliphatic rings. The quantitative estimate of drug-likeness (QED) is 0.730. The molecule has 1 aromatic rings. The summed E-state index contributed by atoms with van der Waals surface area (Å²) in [6, 6.07) is 9.49. The predicted molar refractivity (Wildman–Crippen MR) is 65.0 cm³/mol. The van der Waals surface area contributed by atoms with Crippen LogP contribution in [-0.4, -0.2) is 16.7 Å². The zero-order valence-corrected chi connectivity index (χ0v) is 9.80. The van der Waals surface area contributed by atoms with Crippen molar-refractivity contribution in [3.63, 3.8) is 0 Å². The molecule has 0 unspecified atom stereocenters. The Morgan fingerprint density at radius 2 is 2.06 bits per heavy atom. The van der Waals surface area contributed by atoms with Crippen molar-refractivity contribution in [1.82, 2.24) is 4.90 Å². The molecule has 2 amide bonds. The molecule has 0 bridgehead atoms. The fraction of sp³-hybridized carbons (Fsp3) is 0.286. The van der Waals surface area contributed by atoms with E-state index in [0.717, 1.165) is 5.56 Å². The van der Waals surface area contributed by atoms with E-state index >= 15 is 0 Å². The van der Waals surface area contributed by atoms with Crippen LogP contribution in [0.5, 0.6) is 0 Å². The molecule has 1 fully saturated rings. The van der Waals surface area contributed by atoms with Gasteiger partial charge in [-0.05, 0) is 17.6 Å². The van der Waals surface area contributed by atoms with Crippen molar-refractivity contribution in [2.24, 2.45) is 5.92 Å². The largest absolute Gasteiger partial charge is 0.274 e. The first kappa shape index (κ1) is 11.6. The average Bonchev–Trinajstić information content (AvgIpc) is 2.64. The molecule has 1 heterocycles. The number of amides is 2. The summed E-state index contributed by atoms with van der Waals surface area (Å²) in [7, 11) is 0. The molecule has 2 rings (SSSR count). The van der Waals surface area contributed by atoms with Crippen LogP contribution in [0.1, 0.15) is 24.9 Å². The maximum absolute atomic E-state index is 11.8. The van der Waals surface area contributed by atoms with E-state index in [-0.39, 0.29) is 23.8 Å². The highest BCUT2D eigenvalue weighted by Crippen LogP contribution is 2.37. The van der Waals surface area contributed by atoms with Crippen LogP contribution >= 0.6 is 0 Å². The molecule has 3 heteroatoms. The minimum Gasteiger partial charge on any atom is -0.274 e. The Labute approximate surface area is 101 Å². The van der Waals surface area contributed by atoms with Gasteiger partial charge in [-0.15, -0.1) is 0 Å². The Bertz CT molecular complexity index is 453. The summed E-state index contributed by atoms with van der Waals surface area (Å²) in [4.78, 5) is 24.9. The smallest absolute Gasteiger partial charge is 0.253 e. The Hall–Kier alpha value is -1.90. The second kappa shape index (κ2) is 4.53. The molecular formula is C14H15NO2. The van der Waals surface area contributed by atoms with Crippen molar-refractivity contribution in [3.05, 3.63) is 48.6 Å². The highest BCUT2D eigenvalue weighted by atomic mass is 16.2. The molecule has 1 aliphatic heterocycles. The van der Waals surface area contributed by atoms with Gasteiger partial charge in [-0.2, -0.15) is 0 Å². The zero-order chi connectivity index (χ0) is 12.4. The maximum Gasteiger partial charge on any atom is 0.253 e. The first-order valence-corrected chi connectivity index (χ1v) is 5.68. The highest BCUT2D eigenvalue weighted by Gasteiger charge is 2.40. The minimum atomic E-state index is -0.312. The van der Waals surface area contributed by atoms with Crippen LogP contribution in [0.3, 0.4) is 0 Å². The summed E-state index contributed by atoms with van der Waals surface area (Å²) < 4.78 is 0. The third-order valence-electron chi connectivity index (χ3n) is 3.14. The first-order chi connectivity index (χ1) is 8.15. The number of carbonyl (C=O) groups excluding carboxylic acids is 2. The van der Waals surface area contributed by atoms with Crippen LogP contribution in [0, 0.1) is 5.92 Å². The number of imide groups is 1. The van der Waals surface area contributed by atoms with E-state index in [1.165, 1.54) is 11.0 Å². The van der Waals surface area contributed by atoms with Crippen molar-refractivity contribution in [3.8, 4) is 0 Å². The Balaban J connectivity index is 2.39. The van der Waals surface area contributed by atoms with Crippen LogP contribution in [-0.2, 0) is 9.59 Å². The summed E-state index contributed by atoms with van der Waals surface area (Å²) in [6.07, 6.45) is 1.62. The van der Waals surface area contributed by atoms with Gasteiger partial charge in [0.15, 0.2) is 0 Å². The van der Waals surface area contributed by atoms with E-state index in [4.69, 9.17) is 0 Å². The summed E-state index contributed by atoms with van der Waals surface area (Å²) >= 11 is 0. The molecule has 88 valence electrons. The highest BCUT2D eigenvalue weighted by molar-refractivity contribution is 6.02. The predicted octanol–water partition coefficient (Wildman–Crippen LogP) is 2.31. The van der Waals surface area contributed by atoms with Gasteiger partial charge in [0, 0.05) is 6.42 Å². The van der Waals surface area contributed by atoms with E-state index in [2.05, 4.69) is 6.58 Å². The normalized spacial score (nSPS) is 23.8. The van der Waals surface area contributed by atoms with Gasteiger partial charge in [0.2, 0.25) is 5.91 Å². The van der Waals surface area contributed by atoms with Crippen LogP contribution < -0.4 is 0 Å². The molecule has 3 nitrogen and oxygen atoms in total. The fourth-order valence-corrected chi connectivity index (χ4v) is 2.38. The number of carbonyl (C=O) groups is 2. The van der Waals surface area contributed by atoms with Gasteiger partial charge in [-0.25, -0.2) is 0 Å². The average molecular weight is 229 g/mol. The van der Waals surface area contributed by atoms with Crippen LogP contribution in [0.25, 0.3) is 0 Å². The van der Waals surface area contributed by atoms with Crippen LogP contribution in [0.15, 0.2) is 43.0 Å². The van der Waals surface area contributed by atoms with E-state index in [0.29, 0.717) is 6.42 Å². The van der Waals surface area contributed by atoms with Crippen molar-refractivity contribution < 1.29 is 9.59 Å². The number of likely N-dealkylation sites (tertiary alicyclic amines) is 1. The molecule has 0 aromatic heterocycles. The molecule has 0 N–H and O–H groups in total. The molecule has 0 spiro atoms. The summed E-state index contributed by atoms with van der Waals surface area (Å²) in [5.41, 5.74) is 1.00. The first-order valence-electron chi connectivity index (χ1n) is 5.68. The van der Waals surface area contributed by atoms with Gasteiger partial charge < -0.3 is 0 Å². The third kappa shape index (κ3) is 2.00. The molecular weight excluding hydrogens is 214 g/mol. The second-order valence-electron chi connectivity index (χ2n) is 4.34. The number of hydrogen-bond donors (Lipinski definition) is 0. The van der Waals surface area contributed by atoms with E-state index in [9.17, 15) is 9.59 Å². The van der Waals surface area contributed by atoms with Gasteiger partial charge in [0.25, 0.3) is 5.91 Å². The van der Waals surface area contributed by atoms with E-state index < -0.39 is 0 Å². The van der Waals surface area contributed by atoms with Gasteiger partial charge in [-0.1, -0.05) is 43.8 Å². The lowest BCUT2D eigenvalue weighted by Crippen LogP contribution is -2.33. The molecule has 1 saturated heterocycles. The van der Waals surface area contributed by atoms with Crippen molar-refractivity contribution in [1.29, 1.82) is 0 Å².